The lowest BCUT2D eigenvalue weighted by Crippen LogP contribution is -2.29. The summed E-state index contributed by atoms with van der Waals surface area (Å²) in [6, 6.07) is 14.4. The molecule has 0 spiro atoms. The maximum absolute atomic E-state index is 12.7. The molecule has 1 aromatic heterocycles. The van der Waals surface area contributed by atoms with Crippen molar-refractivity contribution in [2.24, 2.45) is 0 Å². The molecule has 0 atom stereocenters. The summed E-state index contributed by atoms with van der Waals surface area (Å²) in [6.07, 6.45) is 0. The molecule has 5 nitrogen and oxygen atoms in total. The van der Waals surface area contributed by atoms with E-state index in [0.717, 1.165) is 28.3 Å². The topological polar surface area (TPSA) is 56.2 Å². The Labute approximate surface area is 172 Å². The van der Waals surface area contributed by atoms with E-state index in [9.17, 15) is 4.79 Å². The minimum atomic E-state index is -0.112. The Hall–Kier alpha value is -3.08. The molecule has 0 saturated carbocycles. The lowest BCUT2D eigenvalue weighted by molar-refractivity contribution is 0.0945. The molecule has 1 heterocycles. The fourth-order valence-corrected chi connectivity index (χ4v) is 3.42. The Kier molecular flexibility index (Phi) is 6.37. The zero-order chi connectivity index (χ0) is 21.0. The van der Waals surface area contributed by atoms with Crippen LogP contribution in [0.1, 0.15) is 44.0 Å². The van der Waals surface area contributed by atoms with Crippen molar-refractivity contribution in [1.29, 1.82) is 0 Å². The molecule has 0 aliphatic heterocycles. The second-order valence-electron chi connectivity index (χ2n) is 7.56. The van der Waals surface area contributed by atoms with E-state index < -0.39 is 0 Å². The van der Waals surface area contributed by atoms with Crippen LogP contribution in [0.3, 0.4) is 0 Å². The van der Waals surface area contributed by atoms with Crippen LogP contribution in [0.2, 0.25) is 0 Å². The zero-order valence-electron chi connectivity index (χ0n) is 17.9. The van der Waals surface area contributed by atoms with Gasteiger partial charge in [-0.1, -0.05) is 47.5 Å². The average molecular weight is 392 g/mol. The number of ether oxygens (including phenoxy) is 1. The highest BCUT2D eigenvalue weighted by atomic mass is 16.5. The molecule has 1 amide bonds. The van der Waals surface area contributed by atoms with Gasteiger partial charge < -0.3 is 10.1 Å². The maximum atomic E-state index is 12.7. The molecular formula is C24H29N3O2. The Morgan fingerprint density at radius 2 is 1.69 bits per heavy atom. The predicted molar refractivity (Wildman–Crippen MR) is 116 cm³/mol. The van der Waals surface area contributed by atoms with Gasteiger partial charge in [0.2, 0.25) is 0 Å². The lowest BCUT2D eigenvalue weighted by atomic mass is 10.1. The van der Waals surface area contributed by atoms with Gasteiger partial charge in [0, 0.05) is 5.69 Å². The number of nitrogens with zero attached hydrogens (tertiary/aromatic N) is 2. The standard InChI is InChI=1S/C24H29N3O2/c1-16-6-9-21(10-7-16)15-27-20(5)23(19(4)26-27)24(28)25-12-13-29-22-11-8-17(2)14-18(22)3/h6-11,14H,12-13,15H2,1-5H3,(H,25,28). The summed E-state index contributed by atoms with van der Waals surface area (Å²) in [6.45, 7) is 11.5. The third kappa shape index (κ3) is 5.05. The minimum Gasteiger partial charge on any atom is -0.491 e. The second-order valence-corrected chi connectivity index (χ2v) is 7.56. The molecule has 29 heavy (non-hydrogen) atoms. The Morgan fingerprint density at radius 1 is 1.00 bits per heavy atom. The fourth-order valence-electron chi connectivity index (χ4n) is 3.42. The van der Waals surface area contributed by atoms with E-state index in [2.05, 4.69) is 54.6 Å². The summed E-state index contributed by atoms with van der Waals surface area (Å²) in [5.41, 5.74) is 6.94. The van der Waals surface area contributed by atoms with Crippen LogP contribution in [0, 0.1) is 34.6 Å². The van der Waals surface area contributed by atoms with E-state index >= 15 is 0 Å². The van der Waals surface area contributed by atoms with E-state index in [0.29, 0.717) is 25.3 Å². The molecule has 0 aliphatic carbocycles. The van der Waals surface area contributed by atoms with E-state index in [1.807, 2.05) is 37.6 Å². The van der Waals surface area contributed by atoms with Crippen molar-refractivity contribution in [1.82, 2.24) is 15.1 Å². The van der Waals surface area contributed by atoms with Crippen LogP contribution in [0.15, 0.2) is 42.5 Å². The molecule has 2 aromatic carbocycles. The van der Waals surface area contributed by atoms with Crippen LogP contribution in [0.5, 0.6) is 5.75 Å². The highest BCUT2D eigenvalue weighted by molar-refractivity contribution is 5.96. The number of rotatable bonds is 7. The van der Waals surface area contributed by atoms with E-state index in [4.69, 9.17) is 4.74 Å². The highest BCUT2D eigenvalue weighted by Crippen LogP contribution is 2.18. The second kappa shape index (κ2) is 8.95. The van der Waals surface area contributed by atoms with Crippen molar-refractivity contribution in [3.8, 4) is 5.75 Å². The van der Waals surface area contributed by atoms with Crippen molar-refractivity contribution in [2.45, 2.75) is 41.2 Å². The minimum absolute atomic E-state index is 0.112. The van der Waals surface area contributed by atoms with Crippen molar-refractivity contribution in [2.75, 3.05) is 13.2 Å². The number of carbonyl (C=O) groups is 1. The number of hydrogen-bond donors (Lipinski definition) is 1. The number of hydrogen-bond acceptors (Lipinski definition) is 3. The monoisotopic (exact) mass is 391 g/mol. The molecule has 0 aliphatic rings. The van der Waals surface area contributed by atoms with Gasteiger partial charge in [-0.25, -0.2) is 0 Å². The molecule has 0 saturated heterocycles. The summed E-state index contributed by atoms with van der Waals surface area (Å²) in [4.78, 5) is 12.7. The summed E-state index contributed by atoms with van der Waals surface area (Å²) in [5.74, 6) is 0.738. The maximum Gasteiger partial charge on any atom is 0.255 e. The number of aromatic nitrogens is 2. The van der Waals surface area contributed by atoms with Crippen LogP contribution in [0.25, 0.3) is 0 Å². The molecule has 5 heteroatoms. The first-order chi connectivity index (χ1) is 13.8. The molecule has 3 rings (SSSR count). The number of amides is 1. The van der Waals surface area contributed by atoms with Gasteiger partial charge in [0.1, 0.15) is 12.4 Å². The summed E-state index contributed by atoms with van der Waals surface area (Å²) < 4.78 is 7.69. The highest BCUT2D eigenvalue weighted by Gasteiger charge is 2.18. The molecule has 0 fully saturated rings. The molecule has 0 unspecified atom stereocenters. The average Bonchev–Trinajstić information content (AvgIpc) is 2.95. The Balaban J connectivity index is 1.59. The Bertz CT molecular complexity index is 1000. The SMILES string of the molecule is Cc1ccc(Cn2nc(C)c(C(=O)NCCOc3ccc(C)cc3C)c2C)cc1. The van der Waals surface area contributed by atoms with Crippen LogP contribution in [-0.4, -0.2) is 28.8 Å². The van der Waals surface area contributed by atoms with Gasteiger partial charge in [0.05, 0.1) is 24.3 Å². The molecule has 3 aromatic rings. The van der Waals surface area contributed by atoms with Crippen molar-refractivity contribution in [3.05, 3.63) is 81.7 Å². The first kappa shape index (κ1) is 20.6. The van der Waals surface area contributed by atoms with Gasteiger partial charge in [-0.05, 0) is 51.8 Å². The van der Waals surface area contributed by atoms with Crippen molar-refractivity contribution >= 4 is 5.91 Å². The first-order valence-corrected chi connectivity index (χ1v) is 9.93. The van der Waals surface area contributed by atoms with Crippen LogP contribution >= 0.6 is 0 Å². The lowest BCUT2D eigenvalue weighted by Gasteiger charge is -2.11. The van der Waals surface area contributed by atoms with Gasteiger partial charge in [-0.15, -0.1) is 0 Å². The third-order valence-corrected chi connectivity index (χ3v) is 5.04. The number of aryl methyl sites for hydroxylation is 4. The van der Waals surface area contributed by atoms with Gasteiger partial charge in [0.25, 0.3) is 5.91 Å². The van der Waals surface area contributed by atoms with Gasteiger partial charge in [0.15, 0.2) is 0 Å². The van der Waals surface area contributed by atoms with Crippen molar-refractivity contribution in [3.63, 3.8) is 0 Å². The Morgan fingerprint density at radius 3 is 2.38 bits per heavy atom. The normalized spacial score (nSPS) is 10.8. The summed E-state index contributed by atoms with van der Waals surface area (Å²) in [5, 5.41) is 7.52. The zero-order valence-corrected chi connectivity index (χ0v) is 17.9. The number of carbonyl (C=O) groups excluding carboxylic acids is 1. The smallest absolute Gasteiger partial charge is 0.255 e. The van der Waals surface area contributed by atoms with Crippen LogP contribution in [-0.2, 0) is 6.54 Å². The molecule has 152 valence electrons. The van der Waals surface area contributed by atoms with Crippen LogP contribution in [0.4, 0.5) is 0 Å². The predicted octanol–water partition coefficient (Wildman–Crippen LogP) is 4.28. The van der Waals surface area contributed by atoms with Crippen LogP contribution < -0.4 is 10.1 Å². The van der Waals surface area contributed by atoms with E-state index in [1.165, 1.54) is 11.1 Å². The summed E-state index contributed by atoms with van der Waals surface area (Å²) >= 11 is 0. The molecule has 0 bridgehead atoms. The number of benzene rings is 2. The number of nitrogens with one attached hydrogen (secondary N) is 1. The third-order valence-electron chi connectivity index (χ3n) is 5.04. The van der Waals surface area contributed by atoms with Crippen molar-refractivity contribution < 1.29 is 9.53 Å². The van der Waals surface area contributed by atoms with E-state index in [1.54, 1.807) is 0 Å². The van der Waals surface area contributed by atoms with Gasteiger partial charge >= 0.3 is 0 Å². The van der Waals surface area contributed by atoms with Gasteiger partial charge in [-0.3, -0.25) is 9.48 Å². The first-order valence-electron chi connectivity index (χ1n) is 9.93. The summed E-state index contributed by atoms with van der Waals surface area (Å²) in [7, 11) is 0. The fraction of sp³-hybridized carbons (Fsp3) is 0.333. The quantitative estimate of drug-likeness (QED) is 0.612. The molecule has 1 N–H and O–H groups in total. The van der Waals surface area contributed by atoms with E-state index in [-0.39, 0.29) is 5.91 Å². The van der Waals surface area contributed by atoms with Gasteiger partial charge in [-0.2, -0.15) is 5.10 Å². The molecular weight excluding hydrogens is 362 g/mol. The largest absolute Gasteiger partial charge is 0.491 e. The molecule has 0 radical (unpaired) electrons.